The summed E-state index contributed by atoms with van der Waals surface area (Å²) in [5.74, 6) is -2.86. The van der Waals surface area contributed by atoms with Crippen LogP contribution in [0.2, 0.25) is 0 Å². The predicted molar refractivity (Wildman–Crippen MR) is 145 cm³/mol. The van der Waals surface area contributed by atoms with E-state index in [4.69, 9.17) is 4.74 Å². The predicted octanol–water partition coefficient (Wildman–Crippen LogP) is 3.78. The molecule has 0 bridgehead atoms. The van der Waals surface area contributed by atoms with Gasteiger partial charge in [-0.3, -0.25) is 24.1 Å². The van der Waals surface area contributed by atoms with Crippen molar-refractivity contribution < 1.29 is 34.1 Å². The number of fused-ring (bicyclic) bond motifs is 3. The third-order valence-electron chi connectivity index (χ3n) is 8.77. The number of nitrogens with zero attached hydrogens (tertiary/aromatic N) is 1. The number of ketones is 2. The van der Waals surface area contributed by atoms with Gasteiger partial charge in [0, 0.05) is 40.8 Å². The fraction of sp³-hybridized carbons (Fsp3) is 0.312. The smallest absolute Gasteiger partial charge is 0.233 e. The standard InChI is InChI=1S/C32H29NO7/c1-16-13-25(35)24-15-23-20(27(29(24)30(16)37)21-8-7-19(40-2)14-26(21)36)9-10-22-28(23)32(39)33(31(22)38)12-11-17-3-5-18(34)6-4-17/h3-9,13-14,22-23,27-28,34,36H,10-12,15H2,1-2H3/t22-,23+,27+,28-/m0/s1. The first-order valence-electron chi connectivity index (χ1n) is 13.4. The van der Waals surface area contributed by atoms with Crippen LogP contribution in [0.25, 0.3) is 0 Å². The summed E-state index contributed by atoms with van der Waals surface area (Å²) in [6, 6.07) is 11.5. The number of imide groups is 1. The van der Waals surface area contributed by atoms with Crippen molar-refractivity contribution in [2.75, 3.05) is 13.7 Å². The number of hydrogen-bond donors (Lipinski definition) is 2. The van der Waals surface area contributed by atoms with Crippen molar-refractivity contribution in [3.63, 3.8) is 0 Å². The zero-order valence-electron chi connectivity index (χ0n) is 22.2. The topological polar surface area (TPSA) is 121 Å². The van der Waals surface area contributed by atoms with Gasteiger partial charge in [0.1, 0.15) is 17.2 Å². The average molecular weight is 540 g/mol. The van der Waals surface area contributed by atoms with Gasteiger partial charge in [0.2, 0.25) is 11.8 Å². The molecule has 40 heavy (non-hydrogen) atoms. The molecule has 0 saturated carbocycles. The van der Waals surface area contributed by atoms with Crippen molar-refractivity contribution >= 4 is 23.4 Å². The summed E-state index contributed by atoms with van der Waals surface area (Å²) in [4.78, 5) is 55.3. The number of likely N-dealkylation sites (tertiary alicyclic amines) is 1. The van der Waals surface area contributed by atoms with Gasteiger partial charge in [0.25, 0.3) is 0 Å². The summed E-state index contributed by atoms with van der Waals surface area (Å²) in [6.45, 7) is 1.82. The van der Waals surface area contributed by atoms with Crippen LogP contribution in [0.3, 0.4) is 0 Å². The number of Topliss-reactive ketones (excluding diaryl/α,β-unsaturated/α-hetero) is 1. The highest BCUT2D eigenvalue weighted by molar-refractivity contribution is 6.24. The number of methoxy groups -OCH3 is 1. The number of rotatable bonds is 5. The van der Waals surface area contributed by atoms with E-state index < -0.39 is 23.7 Å². The van der Waals surface area contributed by atoms with E-state index in [1.54, 1.807) is 43.3 Å². The molecule has 2 aromatic carbocycles. The second-order valence-corrected chi connectivity index (χ2v) is 10.9. The van der Waals surface area contributed by atoms with E-state index in [9.17, 15) is 29.4 Å². The SMILES string of the molecule is COc1ccc([C@H]2C3=CC[C@@H]4C(=O)N(CCc5ccc(O)cc5)C(=O)[C@@H]4[C@@H]3CC3=C2C(=O)C(C)=CC3=O)c(O)c1. The van der Waals surface area contributed by atoms with Gasteiger partial charge in [-0.25, -0.2) is 0 Å². The van der Waals surface area contributed by atoms with Crippen LogP contribution in [-0.2, 0) is 25.6 Å². The average Bonchev–Trinajstić information content (AvgIpc) is 3.19. The quantitative estimate of drug-likeness (QED) is 0.337. The molecular formula is C32H29NO7. The normalized spacial score (nSPS) is 25.8. The first kappa shape index (κ1) is 25.8. The summed E-state index contributed by atoms with van der Waals surface area (Å²) >= 11 is 0. The molecule has 8 heteroatoms. The van der Waals surface area contributed by atoms with E-state index in [0.29, 0.717) is 40.9 Å². The summed E-state index contributed by atoms with van der Waals surface area (Å²) in [5.41, 5.74) is 3.16. The second kappa shape index (κ2) is 9.62. The highest BCUT2D eigenvalue weighted by Gasteiger charge is 2.56. The fourth-order valence-corrected chi connectivity index (χ4v) is 6.80. The van der Waals surface area contributed by atoms with Gasteiger partial charge in [-0.1, -0.05) is 29.8 Å². The van der Waals surface area contributed by atoms with Gasteiger partial charge in [0.05, 0.1) is 18.9 Å². The molecular weight excluding hydrogens is 510 g/mol. The van der Waals surface area contributed by atoms with E-state index >= 15 is 0 Å². The van der Waals surface area contributed by atoms with Crippen molar-refractivity contribution in [3.8, 4) is 17.2 Å². The molecule has 1 fully saturated rings. The Kier molecular flexibility index (Phi) is 6.21. The Hall–Kier alpha value is -4.46. The minimum atomic E-state index is -0.713. The van der Waals surface area contributed by atoms with Gasteiger partial charge in [-0.05, 0) is 61.9 Å². The van der Waals surface area contributed by atoms with Gasteiger partial charge >= 0.3 is 0 Å². The molecule has 6 rings (SSSR count). The lowest BCUT2D eigenvalue weighted by Crippen LogP contribution is -2.40. The molecule has 3 aliphatic carbocycles. The highest BCUT2D eigenvalue weighted by Crippen LogP contribution is 2.56. The fourth-order valence-electron chi connectivity index (χ4n) is 6.80. The maximum atomic E-state index is 13.8. The van der Waals surface area contributed by atoms with Crippen molar-refractivity contribution in [2.24, 2.45) is 17.8 Å². The lowest BCUT2D eigenvalue weighted by Gasteiger charge is -2.42. The summed E-state index contributed by atoms with van der Waals surface area (Å²) in [5, 5.41) is 20.6. The molecule has 2 N–H and O–H groups in total. The van der Waals surface area contributed by atoms with Crippen LogP contribution in [-0.4, -0.2) is 52.1 Å². The zero-order valence-corrected chi connectivity index (χ0v) is 22.2. The Morgan fingerprint density at radius 3 is 2.42 bits per heavy atom. The summed E-state index contributed by atoms with van der Waals surface area (Å²) < 4.78 is 5.24. The van der Waals surface area contributed by atoms with Gasteiger partial charge in [-0.15, -0.1) is 0 Å². The summed E-state index contributed by atoms with van der Waals surface area (Å²) in [6.07, 6.45) is 4.26. The molecule has 4 aliphatic rings. The van der Waals surface area contributed by atoms with Crippen LogP contribution in [0.4, 0.5) is 0 Å². The summed E-state index contributed by atoms with van der Waals surface area (Å²) in [7, 11) is 1.49. The lowest BCUT2D eigenvalue weighted by atomic mass is 9.59. The van der Waals surface area contributed by atoms with Crippen molar-refractivity contribution in [1.82, 2.24) is 4.90 Å². The molecule has 0 aromatic heterocycles. The molecule has 2 amide bonds. The van der Waals surface area contributed by atoms with Crippen molar-refractivity contribution in [1.29, 1.82) is 0 Å². The van der Waals surface area contributed by atoms with Crippen LogP contribution in [0.5, 0.6) is 17.2 Å². The van der Waals surface area contributed by atoms with E-state index in [2.05, 4.69) is 0 Å². The molecule has 204 valence electrons. The number of carbonyl (C=O) groups excluding carboxylic acids is 4. The number of aromatic hydroxyl groups is 2. The first-order chi connectivity index (χ1) is 19.2. The lowest BCUT2D eigenvalue weighted by molar-refractivity contribution is -0.140. The maximum Gasteiger partial charge on any atom is 0.233 e. The van der Waals surface area contributed by atoms with Crippen LogP contribution in [0.1, 0.15) is 36.8 Å². The minimum Gasteiger partial charge on any atom is -0.508 e. The number of phenols is 2. The number of phenolic OH excluding ortho intramolecular Hbond substituents is 2. The zero-order chi connectivity index (χ0) is 28.3. The Labute approximate surface area is 231 Å². The molecule has 1 saturated heterocycles. The molecule has 1 heterocycles. The number of amides is 2. The third-order valence-corrected chi connectivity index (χ3v) is 8.77. The maximum absolute atomic E-state index is 13.8. The Balaban J connectivity index is 1.39. The third kappa shape index (κ3) is 3.97. The molecule has 1 aliphatic heterocycles. The van der Waals surface area contributed by atoms with Crippen LogP contribution in [0, 0.1) is 17.8 Å². The van der Waals surface area contributed by atoms with E-state index in [1.807, 2.05) is 6.08 Å². The Morgan fingerprint density at radius 2 is 1.73 bits per heavy atom. The van der Waals surface area contributed by atoms with E-state index in [0.717, 1.165) is 11.1 Å². The van der Waals surface area contributed by atoms with Crippen molar-refractivity contribution in [2.45, 2.75) is 32.1 Å². The first-order valence-corrected chi connectivity index (χ1v) is 13.4. The number of hydrogen-bond acceptors (Lipinski definition) is 7. The molecule has 4 atom stereocenters. The van der Waals surface area contributed by atoms with Crippen molar-refractivity contribution in [3.05, 3.63) is 88.0 Å². The van der Waals surface area contributed by atoms with Gasteiger partial charge in [-0.2, -0.15) is 0 Å². The molecule has 0 unspecified atom stereocenters. The van der Waals surface area contributed by atoms with Gasteiger partial charge < -0.3 is 14.9 Å². The van der Waals surface area contributed by atoms with Gasteiger partial charge in [0.15, 0.2) is 11.6 Å². The highest BCUT2D eigenvalue weighted by atomic mass is 16.5. The largest absolute Gasteiger partial charge is 0.508 e. The van der Waals surface area contributed by atoms with Crippen LogP contribution >= 0.6 is 0 Å². The second-order valence-electron chi connectivity index (χ2n) is 10.9. The Morgan fingerprint density at radius 1 is 0.975 bits per heavy atom. The number of allylic oxidation sites excluding steroid dienone is 6. The number of ether oxygens (including phenoxy) is 1. The molecule has 0 spiro atoms. The number of carbonyl (C=O) groups is 4. The van der Waals surface area contributed by atoms with Crippen LogP contribution < -0.4 is 4.74 Å². The molecule has 8 nitrogen and oxygen atoms in total. The molecule has 2 aromatic rings. The number of benzene rings is 2. The van der Waals surface area contributed by atoms with Crippen LogP contribution in [0.15, 0.2) is 76.9 Å². The Bertz CT molecular complexity index is 1560. The monoisotopic (exact) mass is 539 g/mol. The van der Waals surface area contributed by atoms with E-state index in [1.165, 1.54) is 24.2 Å². The van der Waals surface area contributed by atoms with E-state index in [-0.39, 0.29) is 47.8 Å². The molecule has 0 radical (unpaired) electrons. The minimum absolute atomic E-state index is 0.0725.